The van der Waals surface area contributed by atoms with Crippen LogP contribution in [0.15, 0.2) is 23.8 Å². The summed E-state index contributed by atoms with van der Waals surface area (Å²) in [4.78, 5) is 37.4. The maximum absolute atomic E-state index is 14.3. The summed E-state index contributed by atoms with van der Waals surface area (Å²) >= 11 is 0. The highest BCUT2D eigenvalue weighted by Crippen LogP contribution is 2.49. The van der Waals surface area contributed by atoms with E-state index in [0.717, 1.165) is 0 Å². The number of aliphatic hydroxyl groups excluding tert-OH is 2. The third-order valence-electron chi connectivity index (χ3n) is 8.14. The number of nitrogens with one attached hydrogen (secondary N) is 2. The van der Waals surface area contributed by atoms with Gasteiger partial charge in [-0.05, 0) is 27.1 Å². The third-order valence-corrected chi connectivity index (χ3v) is 9.79. The molecule has 6 heterocycles. The minimum absolute atomic E-state index is 0.0202. The van der Waals surface area contributed by atoms with Gasteiger partial charge in [0.2, 0.25) is 5.95 Å². The van der Waals surface area contributed by atoms with Gasteiger partial charge in [-0.1, -0.05) is 0 Å². The van der Waals surface area contributed by atoms with Crippen LogP contribution in [0, 0.1) is 0 Å². The number of fused-ring (bicyclic) bond motifs is 2. The molecule has 8 N–H and O–H groups in total. The molecule has 8 atom stereocenters. The van der Waals surface area contributed by atoms with Gasteiger partial charge in [-0.15, -0.1) is 0 Å². The highest BCUT2D eigenvalue weighted by Gasteiger charge is 2.48. The lowest BCUT2D eigenvalue weighted by Crippen LogP contribution is -2.36. The predicted octanol–water partition coefficient (Wildman–Crippen LogP) is -1.27. The molecule has 0 spiro atoms. The molecule has 0 saturated carbocycles. The van der Waals surface area contributed by atoms with E-state index < -0.39 is 62.9 Å². The Kier molecular flexibility index (Phi) is 10.0. The van der Waals surface area contributed by atoms with Crippen LogP contribution >= 0.6 is 7.75 Å². The molecule has 2 fully saturated rings. The van der Waals surface area contributed by atoms with E-state index in [2.05, 4.69) is 35.0 Å². The first-order valence-corrected chi connectivity index (χ1v) is 16.7. The van der Waals surface area contributed by atoms with Crippen LogP contribution in [0.1, 0.15) is 25.3 Å². The van der Waals surface area contributed by atoms with Crippen molar-refractivity contribution < 1.29 is 38.0 Å². The summed E-state index contributed by atoms with van der Waals surface area (Å²) in [6, 6.07) is 0. The molecular formula is C26H39N12O9P. The predicted molar refractivity (Wildman–Crippen MR) is 168 cm³/mol. The first kappa shape index (κ1) is 34.2. The van der Waals surface area contributed by atoms with Crippen LogP contribution < -0.4 is 22.1 Å². The van der Waals surface area contributed by atoms with E-state index in [4.69, 9.17) is 34.7 Å². The Morgan fingerprint density at radius 2 is 1.90 bits per heavy atom. The zero-order chi connectivity index (χ0) is 34.2. The average molecular weight is 695 g/mol. The quantitative estimate of drug-likeness (QED) is 0.0663. The van der Waals surface area contributed by atoms with Crippen LogP contribution in [-0.4, -0.2) is 132 Å². The van der Waals surface area contributed by atoms with Crippen molar-refractivity contribution in [2.45, 2.75) is 55.8 Å². The summed E-state index contributed by atoms with van der Waals surface area (Å²) in [5, 5.41) is 24.2. The zero-order valence-corrected chi connectivity index (χ0v) is 27.3. The molecule has 0 radical (unpaired) electrons. The Bertz CT molecular complexity index is 1830. The topological polar surface area (TPSA) is 278 Å². The minimum Gasteiger partial charge on any atom is -0.394 e. The van der Waals surface area contributed by atoms with Crippen LogP contribution in [0.25, 0.3) is 22.3 Å². The molecule has 2 aliphatic heterocycles. The van der Waals surface area contributed by atoms with Crippen LogP contribution in [0.4, 0.5) is 11.8 Å². The number of aromatic amines is 1. The highest BCUT2D eigenvalue weighted by atomic mass is 31.2. The normalized spacial score (nSPS) is 27.4. The summed E-state index contributed by atoms with van der Waals surface area (Å²) in [5.41, 5.74) is 12.1. The fourth-order valence-corrected chi connectivity index (χ4v) is 7.35. The molecule has 2 aliphatic rings. The van der Waals surface area contributed by atoms with Crippen LogP contribution in [0.5, 0.6) is 0 Å². The van der Waals surface area contributed by atoms with E-state index in [1.54, 1.807) is 4.57 Å². The maximum atomic E-state index is 14.3. The number of hydrogen-bond donors (Lipinski definition) is 6. The van der Waals surface area contributed by atoms with Crippen molar-refractivity contribution in [3.8, 4) is 0 Å². The lowest BCUT2D eigenvalue weighted by molar-refractivity contribution is -0.0597. The van der Waals surface area contributed by atoms with Crippen LogP contribution in [0.2, 0.25) is 0 Å². The Balaban J connectivity index is 1.19. The number of hydrogen-bond acceptors (Lipinski definition) is 17. The third kappa shape index (κ3) is 6.79. The minimum atomic E-state index is -4.13. The Morgan fingerprint density at radius 1 is 1.12 bits per heavy atom. The average Bonchev–Trinajstić information content (AvgIpc) is 3.82. The number of ether oxygens (including phenoxy) is 3. The lowest BCUT2D eigenvalue weighted by Gasteiger charge is -2.26. The van der Waals surface area contributed by atoms with Crippen molar-refractivity contribution >= 4 is 41.8 Å². The van der Waals surface area contributed by atoms with Crippen molar-refractivity contribution in [3.63, 3.8) is 0 Å². The Labute approximate surface area is 273 Å². The molecule has 4 aromatic rings. The van der Waals surface area contributed by atoms with Crippen molar-refractivity contribution in [2.24, 2.45) is 0 Å². The second kappa shape index (κ2) is 14.1. The van der Waals surface area contributed by atoms with Gasteiger partial charge >= 0.3 is 7.75 Å². The molecule has 0 aromatic carbocycles. The van der Waals surface area contributed by atoms with Crippen molar-refractivity contribution in [1.29, 1.82) is 0 Å². The molecule has 0 aliphatic carbocycles. The van der Waals surface area contributed by atoms with Gasteiger partial charge in [0.15, 0.2) is 28.9 Å². The number of H-pyrrole nitrogens is 1. The fourth-order valence-electron chi connectivity index (χ4n) is 5.77. The van der Waals surface area contributed by atoms with Gasteiger partial charge in [0.05, 0.1) is 25.9 Å². The number of nitrogens with two attached hydrogens (primary N) is 2. The van der Waals surface area contributed by atoms with E-state index in [-0.39, 0.29) is 42.5 Å². The van der Waals surface area contributed by atoms with Crippen LogP contribution in [-0.2, 0) is 27.8 Å². The zero-order valence-electron chi connectivity index (χ0n) is 26.4. The smallest absolute Gasteiger partial charge is 0.394 e. The summed E-state index contributed by atoms with van der Waals surface area (Å²) in [5.74, 6) is 0.0747. The van der Waals surface area contributed by atoms with Crippen molar-refractivity contribution in [2.75, 3.05) is 59.0 Å². The Hall–Kier alpha value is -3.63. The molecule has 4 aromatic heterocycles. The molecule has 0 bridgehead atoms. The highest BCUT2D eigenvalue weighted by molar-refractivity contribution is 7.51. The number of aliphatic hydroxyl groups is 2. The summed E-state index contributed by atoms with van der Waals surface area (Å²) in [6.07, 6.45) is -1.79. The lowest BCUT2D eigenvalue weighted by atomic mass is 10.1. The molecule has 262 valence electrons. The van der Waals surface area contributed by atoms with Crippen molar-refractivity contribution in [3.05, 3.63) is 29.3 Å². The van der Waals surface area contributed by atoms with E-state index >= 15 is 0 Å². The van der Waals surface area contributed by atoms with Gasteiger partial charge < -0.3 is 40.8 Å². The summed E-state index contributed by atoms with van der Waals surface area (Å²) in [7, 11) is 1.08. The number of anilines is 2. The fraction of sp³-hybridized carbons (Fsp3) is 0.615. The Morgan fingerprint density at radius 3 is 2.65 bits per heavy atom. The monoisotopic (exact) mass is 694 g/mol. The number of aromatic nitrogens is 8. The number of nitrogen functional groups attached to an aromatic ring is 2. The summed E-state index contributed by atoms with van der Waals surface area (Å²) < 4.78 is 47.1. The van der Waals surface area contributed by atoms with Gasteiger partial charge in [0.25, 0.3) is 5.56 Å². The maximum Gasteiger partial charge on any atom is 0.405 e. The first-order valence-electron chi connectivity index (χ1n) is 15.1. The molecular weight excluding hydrogens is 655 g/mol. The number of imidazole rings is 2. The van der Waals surface area contributed by atoms with E-state index in [9.17, 15) is 19.6 Å². The SMILES string of the molecule is COC1C(O)[C@@H](COP(=O)(NCCCN(C)C)OC2C[C@H](n3cnc4c(N)ncnc43)O[C@@H]2CO)O[C@H]1n1cnc2c(=O)[nH]c(N)nc21. The van der Waals surface area contributed by atoms with E-state index in [0.29, 0.717) is 24.1 Å². The van der Waals surface area contributed by atoms with Gasteiger partial charge in [0.1, 0.15) is 48.6 Å². The molecule has 21 nitrogen and oxygen atoms in total. The first-order chi connectivity index (χ1) is 23.0. The number of methoxy groups -OCH3 is 1. The second-order valence-electron chi connectivity index (χ2n) is 11.7. The molecule has 2 saturated heterocycles. The largest absolute Gasteiger partial charge is 0.405 e. The number of nitrogens with zero attached hydrogens (tertiary/aromatic N) is 8. The van der Waals surface area contributed by atoms with Gasteiger partial charge in [-0.25, -0.2) is 29.6 Å². The van der Waals surface area contributed by atoms with E-state index in [1.807, 2.05) is 19.0 Å². The summed E-state index contributed by atoms with van der Waals surface area (Å²) in [6.45, 7) is 0.134. The molecule has 0 amide bonds. The molecule has 22 heteroatoms. The van der Waals surface area contributed by atoms with Crippen LogP contribution in [0.3, 0.4) is 0 Å². The second-order valence-corrected chi connectivity index (χ2v) is 13.4. The van der Waals surface area contributed by atoms with E-state index in [1.165, 1.54) is 30.7 Å². The molecule has 48 heavy (non-hydrogen) atoms. The molecule has 4 unspecified atom stereocenters. The van der Waals surface area contributed by atoms with Gasteiger partial charge in [-0.3, -0.25) is 28.0 Å². The number of rotatable bonds is 14. The standard InChI is InChI=1S/C26H39N12O9P/c1-36(2)6-4-5-33-48(42,47-13-7-16(45-14(13)8-39)37-11-31-17-21(27)29-10-30-22(17)37)44-9-15-19(40)20(43-3)25(46-15)38-12-32-18-23(38)34-26(28)35-24(18)41/h10-16,19-20,25,39-40H,4-9H2,1-3H3,(H,33,42)(H2,27,29,30)(H3,28,34,35,41)/t13?,14-,15-,16-,19?,20?,25-,48?/m1/s1. The van der Waals surface area contributed by atoms with Gasteiger partial charge in [-0.2, -0.15) is 4.98 Å². The van der Waals surface area contributed by atoms with Gasteiger partial charge in [0, 0.05) is 20.1 Å². The molecule has 6 rings (SSSR count). The van der Waals surface area contributed by atoms with Crippen molar-refractivity contribution in [1.82, 2.24) is 49.0 Å².